The van der Waals surface area contributed by atoms with Gasteiger partial charge in [0.25, 0.3) is 0 Å². The number of H-pyrrole nitrogens is 1. The van der Waals surface area contributed by atoms with E-state index in [1.54, 1.807) is 13.1 Å². The van der Waals surface area contributed by atoms with Gasteiger partial charge in [-0.25, -0.2) is 9.97 Å². The van der Waals surface area contributed by atoms with Gasteiger partial charge in [-0.05, 0) is 32.3 Å². The molecule has 1 aliphatic carbocycles. The first-order valence-electron chi connectivity index (χ1n) is 7.62. The Kier molecular flexibility index (Phi) is 2.91. The Labute approximate surface area is 127 Å². The number of imidazole rings is 1. The Morgan fingerprint density at radius 3 is 3.14 bits per heavy atom. The molecule has 112 valence electrons. The van der Waals surface area contributed by atoms with E-state index in [0.717, 1.165) is 41.3 Å². The van der Waals surface area contributed by atoms with Crippen molar-refractivity contribution in [3.05, 3.63) is 24.3 Å². The maximum absolute atomic E-state index is 10.2. The normalized spacial score (nSPS) is 23.1. The Bertz CT molecular complexity index is 885. The molecule has 6 heteroatoms. The van der Waals surface area contributed by atoms with Gasteiger partial charge in [0.15, 0.2) is 0 Å². The van der Waals surface area contributed by atoms with Gasteiger partial charge in [0, 0.05) is 11.6 Å². The Hall–Kier alpha value is -2.39. The minimum Gasteiger partial charge on any atom is -0.385 e. The summed E-state index contributed by atoms with van der Waals surface area (Å²) >= 11 is 0. The lowest BCUT2D eigenvalue weighted by Crippen LogP contribution is -2.17. The first-order valence-corrected chi connectivity index (χ1v) is 7.62. The van der Waals surface area contributed by atoms with E-state index < -0.39 is 6.10 Å². The summed E-state index contributed by atoms with van der Waals surface area (Å²) in [7, 11) is 0. The molecule has 6 nitrogen and oxygen atoms in total. The molecule has 3 aromatic heterocycles. The molecule has 1 saturated carbocycles. The summed E-state index contributed by atoms with van der Waals surface area (Å²) in [6.07, 6.45) is 5.78. The number of aliphatic hydroxyl groups excluding tert-OH is 1. The number of nitrogens with one attached hydrogen (secondary N) is 1. The number of nitriles is 1. The Morgan fingerprint density at radius 1 is 1.50 bits per heavy atom. The number of hydrogen-bond acceptors (Lipinski definition) is 4. The molecule has 1 aliphatic rings. The van der Waals surface area contributed by atoms with E-state index in [4.69, 9.17) is 0 Å². The third-order valence-corrected chi connectivity index (χ3v) is 4.61. The van der Waals surface area contributed by atoms with Crippen LogP contribution in [0.2, 0.25) is 0 Å². The van der Waals surface area contributed by atoms with E-state index in [-0.39, 0.29) is 12.0 Å². The van der Waals surface area contributed by atoms with Crippen LogP contribution >= 0.6 is 0 Å². The van der Waals surface area contributed by atoms with E-state index in [2.05, 4.69) is 25.6 Å². The molecule has 3 heterocycles. The molecule has 4 rings (SSSR count). The lowest BCUT2D eigenvalue weighted by Gasteiger charge is -2.20. The molecule has 0 spiro atoms. The fourth-order valence-corrected chi connectivity index (χ4v) is 3.64. The van der Waals surface area contributed by atoms with Gasteiger partial charge in [0.2, 0.25) is 0 Å². The summed E-state index contributed by atoms with van der Waals surface area (Å²) in [5.41, 5.74) is 2.54. The molecule has 0 saturated heterocycles. The van der Waals surface area contributed by atoms with E-state index in [0.29, 0.717) is 5.82 Å². The zero-order chi connectivity index (χ0) is 15.3. The lowest BCUT2D eigenvalue weighted by atomic mass is 10.0. The van der Waals surface area contributed by atoms with Crippen LogP contribution in [0.5, 0.6) is 0 Å². The van der Waals surface area contributed by atoms with Gasteiger partial charge >= 0.3 is 0 Å². The van der Waals surface area contributed by atoms with Crippen molar-refractivity contribution in [1.29, 1.82) is 5.26 Å². The predicted octanol–water partition coefficient (Wildman–Crippen LogP) is 2.83. The molecule has 1 fully saturated rings. The molecule has 0 unspecified atom stereocenters. The first-order chi connectivity index (χ1) is 10.7. The molecule has 0 aromatic carbocycles. The number of rotatable bonds is 2. The van der Waals surface area contributed by atoms with Crippen LogP contribution in [0.4, 0.5) is 0 Å². The van der Waals surface area contributed by atoms with Crippen LogP contribution in [0, 0.1) is 17.2 Å². The molecule has 2 N–H and O–H groups in total. The Balaban J connectivity index is 2.07. The topological polar surface area (TPSA) is 90.5 Å². The van der Waals surface area contributed by atoms with Crippen molar-refractivity contribution >= 4 is 22.1 Å². The van der Waals surface area contributed by atoms with Gasteiger partial charge in [-0.2, -0.15) is 5.26 Å². The molecular weight excluding hydrogens is 278 g/mol. The smallest absolute Gasteiger partial charge is 0.139 e. The van der Waals surface area contributed by atoms with E-state index in [9.17, 15) is 10.4 Å². The number of aliphatic hydroxyl groups is 1. The number of aromatic nitrogens is 4. The van der Waals surface area contributed by atoms with E-state index >= 15 is 0 Å². The van der Waals surface area contributed by atoms with Crippen molar-refractivity contribution < 1.29 is 5.11 Å². The summed E-state index contributed by atoms with van der Waals surface area (Å²) in [6.45, 7) is 1.72. The number of pyridine rings is 1. The van der Waals surface area contributed by atoms with Gasteiger partial charge in [-0.15, -0.1) is 0 Å². The minimum atomic E-state index is -0.679. The number of hydrogen-bond donors (Lipinski definition) is 2. The highest BCUT2D eigenvalue weighted by Gasteiger charge is 2.33. The summed E-state index contributed by atoms with van der Waals surface area (Å²) in [5.74, 6) is 0.592. The van der Waals surface area contributed by atoms with Gasteiger partial charge in [-0.1, -0.05) is 0 Å². The highest BCUT2D eigenvalue weighted by atomic mass is 16.3. The number of fused-ring (bicyclic) bond motifs is 3. The SMILES string of the molecule is C[C@@H](O)c1nc2cnc3[nH]ccc3c2n1[C@H]1CCC[C@H]1C#N. The Morgan fingerprint density at radius 2 is 2.36 bits per heavy atom. The highest BCUT2D eigenvalue weighted by Crippen LogP contribution is 2.40. The molecule has 0 bridgehead atoms. The molecule has 3 aromatic rings. The van der Waals surface area contributed by atoms with Crippen molar-refractivity contribution in [1.82, 2.24) is 19.5 Å². The monoisotopic (exact) mass is 295 g/mol. The van der Waals surface area contributed by atoms with E-state index in [1.165, 1.54) is 0 Å². The van der Waals surface area contributed by atoms with Crippen LogP contribution < -0.4 is 0 Å². The minimum absolute atomic E-state index is 0.0305. The van der Waals surface area contributed by atoms with Crippen LogP contribution in [0.15, 0.2) is 18.5 Å². The largest absolute Gasteiger partial charge is 0.385 e. The third kappa shape index (κ3) is 1.76. The summed E-state index contributed by atoms with van der Waals surface area (Å²) in [5, 5.41) is 20.6. The lowest BCUT2D eigenvalue weighted by molar-refractivity contribution is 0.180. The quantitative estimate of drug-likeness (QED) is 0.760. The molecule has 3 atom stereocenters. The van der Waals surface area contributed by atoms with Crippen molar-refractivity contribution in [3.63, 3.8) is 0 Å². The van der Waals surface area contributed by atoms with Gasteiger partial charge in [0.05, 0.1) is 29.7 Å². The maximum atomic E-state index is 10.2. The number of nitrogens with zero attached hydrogens (tertiary/aromatic N) is 4. The second-order valence-electron chi connectivity index (χ2n) is 5.98. The van der Waals surface area contributed by atoms with Crippen LogP contribution in [-0.4, -0.2) is 24.6 Å². The van der Waals surface area contributed by atoms with Gasteiger partial charge in [0.1, 0.15) is 23.1 Å². The van der Waals surface area contributed by atoms with Crippen molar-refractivity contribution in [2.45, 2.75) is 38.3 Å². The standard InChI is InChI=1S/C16H17N5O/c1-9(22)16-20-12-8-19-15-11(5-6-18-15)14(12)21(16)13-4-2-3-10(13)7-17/h5-6,8-10,13,22H,2-4H2,1H3,(H,18,19)/t9-,10+,13+/m1/s1. The van der Waals surface area contributed by atoms with Crippen molar-refractivity contribution in [2.24, 2.45) is 5.92 Å². The molecule has 22 heavy (non-hydrogen) atoms. The zero-order valence-electron chi connectivity index (χ0n) is 12.3. The van der Waals surface area contributed by atoms with Crippen molar-refractivity contribution in [3.8, 4) is 6.07 Å². The summed E-state index contributed by atoms with van der Waals surface area (Å²) < 4.78 is 2.08. The fraction of sp³-hybridized carbons (Fsp3) is 0.438. The molecular formula is C16H17N5O. The summed E-state index contributed by atoms with van der Waals surface area (Å²) in [6, 6.07) is 4.47. The van der Waals surface area contributed by atoms with Crippen LogP contribution in [0.25, 0.3) is 22.1 Å². The van der Waals surface area contributed by atoms with Crippen molar-refractivity contribution in [2.75, 3.05) is 0 Å². The molecule has 0 radical (unpaired) electrons. The average molecular weight is 295 g/mol. The maximum Gasteiger partial charge on any atom is 0.139 e. The van der Waals surface area contributed by atoms with Crippen LogP contribution in [0.1, 0.15) is 44.2 Å². The summed E-state index contributed by atoms with van der Waals surface area (Å²) in [4.78, 5) is 12.1. The third-order valence-electron chi connectivity index (χ3n) is 4.61. The van der Waals surface area contributed by atoms with Gasteiger partial charge < -0.3 is 14.7 Å². The molecule has 0 amide bonds. The fourth-order valence-electron chi connectivity index (χ4n) is 3.64. The average Bonchev–Trinajstić information content (AvgIpc) is 3.22. The first kappa shape index (κ1) is 13.3. The highest BCUT2D eigenvalue weighted by molar-refractivity contribution is 6.01. The van der Waals surface area contributed by atoms with Gasteiger partial charge in [-0.3, -0.25) is 0 Å². The predicted molar refractivity (Wildman–Crippen MR) is 82.0 cm³/mol. The second kappa shape index (κ2) is 4.82. The van der Waals surface area contributed by atoms with Crippen LogP contribution in [0.3, 0.4) is 0 Å². The zero-order valence-corrected chi connectivity index (χ0v) is 12.3. The number of aromatic amines is 1. The van der Waals surface area contributed by atoms with E-state index in [1.807, 2.05) is 12.3 Å². The molecule has 0 aliphatic heterocycles. The van der Waals surface area contributed by atoms with Crippen LogP contribution in [-0.2, 0) is 0 Å². The second-order valence-corrected chi connectivity index (χ2v) is 5.98.